The summed E-state index contributed by atoms with van der Waals surface area (Å²) in [4.78, 5) is -0.299. The van der Waals surface area contributed by atoms with E-state index in [9.17, 15) is 12.8 Å². The first-order chi connectivity index (χ1) is 9.45. The molecule has 1 aromatic rings. The smallest absolute Gasteiger partial charge is 0.245 e. The molecule has 1 saturated heterocycles. The van der Waals surface area contributed by atoms with Gasteiger partial charge in [0.2, 0.25) is 10.0 Å². The Morgan fingerprint density at radius 2 is 2.19 bits per heavy atom. The average molecular weight is 357 g/mol. The standard InChI is InChI=1S/C13H18ClFN2O2S.ClH/c1-16-8-10-3-2-6-17(9-10)20(18,19)13-5-4-11(14)7-12(13)15;/h4-5,7,10,16H,2-3,6,8-9H2,1H3;1H. The van der Waals surface area contributed by atoms with Crippen molar-refractivity contribution in [2.75, 3.05) is 26.7 Å². The van der Waals surface area contributed by atoms with Gasteiger partial charge in [-0.15, -0.1) is 12.4 Å². The Hall–Kier alpha value is -0.400. The molecule has 8 heteroatoms. The van der Waals surface area contributed by atoms with Crippen LogP contribution in [0.25, 0.3) is 0 Å². The van der Waals surface area contributed by atoms with Crippen molar-refractivity contribution >= 4 is 34.0 Å². The molecule has 1 N–H and O–H groups in total. The molecule has 1 atom stereocenters. The summed E-state index contributed by atoms with van der Waals surface area (Å²) in [5.41, 5.74) is 0. The zero-order valence-corrected chi connectivity index (χ0v) is 14.1. The van der Waals surface area contributed by atoms with Gasteiger partial charge in [-0.1, -0.05) is 11.6 Å². The normalized spacial score (nSPS) is 20.0. The van der Waals surface area contributed by atoms with Crippen molar-refractivity contribution in [2.45, 2.75) is 17.7 Å². The second-order valence-electron chi connectivity index (χ2n) is 5.00. The van der Waals surface area contributed by atoms with E-state index in [1.54, 1.807) is 0 Å². The van der Waals surface area contributed by atoms with Crippen molar-refractivity contribution in [3.8, 4) is 0 Å². The maximum absolute atomic E-state index is 13.8. The van der Waals surface area contributed by atoms with E-state index in [0.717, 1.165) is 25.5 Å². The van der Waals surface area contributed by atoms with Crippen LogP contribution >= 0.6 is 24.0 Å². The number of sulfonamides is 1. The predicted molar refractivity (Wildman–Crippen MR) is 84.1 cm³/mol. The molecular formula is C13H19Cl2FN2O2S. The number of piperidine rings is 1. The molecule has 2 rings (SSSR count). The van der Waals surface area contributed by atoms with E-state index < -0.39 is 15.8 Å². The molecule has 1 aliphatic rings. The number of rotatable bonds is 4. The van der Waals surface area contributed by atoms with Crippen LogP contribution in [-0.4, -0.2) is 39.4 Å². The fourth-order valence-corrected chi connectivity index (χ4v) is 4.28. The summed E-state index contributed by atoms with van der Waals surface area (Å²) in [5, 5.41) is 3.24. The molecular weight excluding hydrogens is 338 g/mol. The van der Waals surface area contributed by atoms with Gasteiger partial charge in [0.1, 0.15) is 10.7 Å². The van der Waals surface area contributed by atoms with Crippen molar-refractivity contribution < 1.29 is 12.8 Å². The number of nitrogens with zero attached hydrogens (tertiary/aromatic N) is 1. The summed E-state index contributed by atoms with van der Waals surface area (Å²) in [5.74, 6) is -0.535. The minimum absolute atomic E-state index is 0. The number of nitrogens with one attached hydrogen (secondary N) is 1. The van der Waals surface area contributed by atoms with Crippen LogP contribution in [-0.2, 0) is 10.0 Å². The molecule has 1 unspecified atom stereocenters. The lowest BCUT2D eigenvalue weighted by atomic mass is 10.00. The van der Waals surface area contributed by atoms with Crippen molar-refractivity contribution in [3.05, 3.63) is 29.0 Å². The number of benzene rings is 1. The first kappa shape index (κ1) is 18.6. The Morgan fingerprint density at radius 3 is 2.81 bits per heavy atom. The van der Waals surface area contributed by atoms with Crippen molar-refractivity contribution in [1.29, 1.82) is 0 Å². The third-order valence-electron chi connectivity index (χ3n) is 3.49. The van der Waals surface area contributed by atoms with Crippen LogP contribution in [0, 0.1) is 11.7 Å². The van der Waals surface area contributed by atoms with Gasteiger partial charge in [-0.2, -0.15) is 4.31 Å². The number of hydrogen-bond acceptors (Lipinski definition) is 3. The van der Waals surface area contributed by atoms with Gasteiger partial charge in [0.15, 0.2) is 0 Å². The van der Waals surface area contributed by atoms with Crippen molar-refractivity contribution in [1.82, 2.24) is 9.62 Å². The fraction of sp³-hybridized carbons (Fsp3) is 0.538. The Balaban J connectivity index is 0.00000220. The van der Waals surface area contributed by atoms with Gasteiger partial charge in [0.25, 0.3) is 0 Å². The van der Waals surface area contributed by atoms with Crippen LogP contribution in [0.3, 0.4) is 0 Å². The zero-order chi connectivity index (χ0) is 14.8. The van der Waals surface area contributed by atoms with E-state index in [1.807, 2.05) is 7.05 Å². The highest BCUT2D eigenvalue weighted by Gasteiger charge is 2.31. The number of halogens is 3. The van der Waals surface area contributed by atoms with Crippen LogP contribution in [0.5, 0.6) is 0 Å². The summed E-state index contributed by atoms with van der Waals surface area (Å²) in [6.07, 6.45) is 1.77. The van der Waals surface area contributed by atoms with Gasteiger partial charge in [0, 0.05) is 18.1 Å². The lowest BCUT2D eigenvalue weighted by Gasteiger charge is -2.31. The largest absolute Gasteiger partial charge is 0.319 e. The molecule has 0 saturated carbocycles. The molecule has 0 amide bonds. The number of hydrogen-bond donors (Lipinski definition) is 1. The first-order valence-corrected chi connectivity index (χ1v) is 8.36. The monoisotopic (exact) mass is 356 g/mol. The zero-order valence-electron chi connectivity index (χ0n) is 11.7. The van der Waals surface area contributed by atoms with Gasteiger partial charge >= 0.3 is 0 Å². The van der Waals surface area contributed by atoms with Crippen LogP contribution < -0.4 is 5.32 Å². The quantitative estimate of drug-likeness (QED) is 0.901. The Morgan fingerprint density at radius 1 is 1.48 bits per heavy atom. The molecule has 21 heavy (non-hydrogen) atoms. The van der Waals surface area contributed by atoms with E-state index in [4.69, 9.17) is 11.6 Å². The first-order valence-electron chi connectivity index (χ1n) is 6.55. The predicted octanol–water partition coefficient (Wildman–Crippen LogP) is 2.52. The van der Waals surface area contributed by atoms with Gasteiger partial charge in [0.05, 0.1) is 0 Å². The fourth-order valence-electron chi connectivity index (χ4n) is 2.52. The summed E-state index contributed by atoms with van der Waals surface area (Å²) >= 11 is 5.66. The van der Waals surface area contributed by atoms with Crippen LogP contribution in [0.15, 0.2) is 23.1 Å². The Labute approximate surface area is 136 Å². The molecule has 1 heterocycles. The SMILES string of the molecule is CNCC1CCCN(S(=O)(=O)c2ccc(Cl)cc2F)C1.Cl. The van der Waals surface area contributed by atoms with E-state index >= 15 is 0 Å². The molecule has 0 radical (unpaired) electrons. The maximum Gasteiger partial charge on any atom is 0.245 e. The average Bonchev–Trinajstić information content (AvgIpc) is 2.39. The second kappa shape index (κ2) is 7.74. The highest BCUT2D eigenvalue weighted by molar-refractivity contribution is 7.89. The van der Waals surface area contributed by atoms with E-state index in [0.29, 0.717) is 13.1 Å². The van der Waals surface area contributed by atoms with E-state index in [1.165, 1.54) is 16.4 Å². The van der Waals surface area contributed by atoms with Crippen LogP contribution in [0.4, 0.5) is 4.39 Å². The highest BCUT2D eigenvalue weighted by atomic mass is 35.5. The third kappa shape index (κ3) is 4.29. The lowest BCUT2D eigenvalue weighted by Crippen LogP contribution is -2.42. The topological polar surface area (TPSA) is 49.4 Å². The molecule has 0 spiro atoms. The van der Waals surface area contributed by atoms with Crippen LogP contribution in [0.1, 0.15) is 12.8 Å². The van der Waals surface area contributed by atoms with Gasteiger partial charge in [-0.3, -0.25) is 0 Å². The molecule has 1 fully saturated rings. The molecule has 120 valence electrons. The minimum atomic E-state index is -3.79. The Kier molecular flexibility index (Phi) is 6.87. The van der Waals surface area contributed by atoms with E-state index in [-0.39, 0.29) is 28.2 Å². The second-order valence-corrected chi connectivity index (χ2v) is 7.35. The highest BCUT2D eigenvalue weighted by Crippen LogP contribution is 2.26. The van der Waals surface area contributed by atoms with Gasteiger partial charge in [-0.05, 0) is 50.6 Å². The maximum atomic E-state index is 13.8. The summed E-state index contributed by atoms with van der Waals surface area (Å²) in [6, 6.07) is 3.66. The van der Waals surface area contributed by atoms with Crippen molar-refractivity contribution in [2.24, 2.45) is 5.92 Å². The third-order valence-corrected chi connectivity index (χ3v) is 5.62. The summed E-state index contributed by atoms with van der Waals surface area (Å²) in [6.45, 7) is 1.62. The minimum Gasteiger partial charge on any atom is -0.319 e. The molecule has 0 aliphatic carbocycles. The van der Waals surface area contributed by atoms with Gasteiger partial charge < -0.3 is 5.32 Å². The van der Waals surface area contributed by atoms with E-state index in [2.05, 4.69) is 5.32 Å². The lowest BCUT2D eigenvalue weighted by molar-refractivity contribution is 0.263. The summed E-state index contributed by atoms with van der Waals surface area (Å²) in [7, 11) is -1.95. The van der Waals surface area contributed by atoms with Crippen LogP contribution in [0.2, 0.25) is 5.02 Å². The van der Waals surface area contributed by atoms with Gasteiger partial charge in [-0.25, -0.2) is 12.8 Å². The van der Waals surface area contributed by atoms with Crippen molar-refractivity contribution in [3.63, 3.8) is 0 Å². The molecule has 0 bridgehead atoms. The molecule has 0 aromatic heterocycles. The molecule has 1 aliphatic heterocycles. The summed E-state index contributed by atoms with van der Waals surface area (Å²) < 4.78 is 40.2. The molecule has 1 aromatic carbocycles. The Bertz CT molecular complexity index is 582. The molecule has 4 nitrogen and oxygen atoms in total.